The van der Waals surface area contributed by atoms with Crippen LogP contribution >= 0.6 is 0 Å². The van der Waals surface area contributed by atoms with Crippen molar-refractivity contribution in [2.75, 3.05) is 6.61 Å². The van der Waals surface area contributed by atoms with Crippen molar-refractivity contribution in [2.24, 2.45) is 98.1 Å². The van der Waals surface area contributed by atoms with Gasteiger partial charge in [-0.15, -0.1) is 0 Å². The minimum absolute atomic E-state index is 0.00921. The molecule has 2 saturated heterocycles. The molecule has 2 heterocycles. The summed E-state index contributed by atoms with van der Waals surface area (Å²) in [5.41, 5.74) is -6.96. The van der Waals surface area contributed by atoms with Gasteiger partial charge in [0.15, 0.2) is 6.61 Å². The smallest absolute Gasteiger partial charge is 0.344 e. The van der Waals surface area contributed by atoms with Crippen LogP contribution in [-0.4, -0.2) is 130 Å². The van der Waals surface area contributed by atoms with E-state index in [4.69, 9.17) is 52.1 Å². The van der Waals surface area contributed by atoms with Gasteiger partial charge in [0.25, 0.3) is 0 Å². The average Bonchev–Trinajstić information content (AvgIpc) is 1.15. The normalized spacial score (nSPS) is 32.2. The first kappa shape index (κ1) is 89.9. The molecule has 12 aliphatic rings. The molecule has 10 aliphatic carbocycles. The second-order valence-corrected chi connectivity index (χ2v) is 41.7. The van der Waals surface area contributed by atoms with Crippen LogP contribution < -0.4 is 0 Å². The minimum atomic E-state index is -0.659. The van der Waals surface area contributed by atoms with Crippen LogP contribution in [-0.2, 0) is 100 Å². The maximum Gasteiger partial charge on any atom is 0.344 e. The predicted octanol–water partition coefficient (Wildman–Crippen LogP) is 16.9. The third-order valence-corrected chi connectivity index (χ3v) is 25.9. The zero-order chi connectivity index (χ0) is 81.6. The van der Waals surface area contributed by atoms with E-state index in [1.165, 1.54) is 6.42 Å². The van der Waals surface area contributed by atoms with Crippen LogP contribution in [0.4, 0.5) is 0 Å². The monoisotopic (exact) mass is 1520 g/mol. The van der Waals surface area contributed by atoms with Gasteiger partial charge < -0.3 is 52.1 Å². The fraction of sp³-hybridized carbons (Fsp3) is 0.885. The van der Waals surface area contributed by atoms with Gasteiger partial charge in [0.2, 0.25) is 0 Å². The van der Waals surface area contributed by atoms with E-state index in [9.17, 15) is 47.9 Å². The highest BCUT2D eigenvalue weighted by atomic mass is 16.6. The van der Waals surface area contributed by atoms with E-state index in [0.29, 0.717) is 75.0 Å². The lowest BCUT2D eigenvalue weighted by molar-refractivity contribution is -0.223. The van der Waals surface area contributed by atoms with Crippen molar-refractivity contribution in [1.29, 1.82) is 0 Å². The summed E-state index contributed by atoms with van der Waals surface area (Å²) in [5.74, 6) is -1.68. The number of ether oxygens (including phenoxy) is 11. The molecule has 21 nitrogen and oxygen atoms in total. The lowest BCUT2D eigenvalue weighted by Crippen LogP contribution is -2.61. The van der Waals surface area contributed by atoms with Gasteiger partial charge in [-0.1, -0.05) is 41.5 Å². The molecule has 21 heteroatoms. The van der Waals surface area contributed by atoms with Crippen molar-refractivity contribution in [3.05, 3.63) is 0 Å². The second kappa shape index (κ2) is 33.0. The molecule has 616 valence electrons. The Morgan fingerprint density at radius 1 is 0.426 bits per heavy atom. The van der Waals surface area contributed by atoms with E-state index in [1.807, 2.05) is 166 Å². The summed E-state index contributed by atoms with van der Waals surface area (Å²) in [6, 6.07) is 0. The van der Waals surface area contributed by atoms with Gasteiger partial charge in [-0.25, -0.2) is 4.79 Å². The van der Waals surface area contributed by atoms with Gasteiger partial charge in [0.1, 0.15) is 57.5 Å². The van der Waals surface area contributed by atoms with Crippen molar-refractivity contribution >= 4 is 59.7 Å². The van der Waals surface area contributed by atoms with Crippen LogP contribution in [0.1, 0.15) is 322 Å². The SMILES string of the molecule is CCC(C)(C)C(=O)OC1(CC(=O)OC(C)(C)C)C2CC3CC(C2)CC1C3.CCC(C)(C)C(=O)OC1CC2CC(C(=O)OC(C)(C)C)C1O2.CCC(C)(C)C(=O)OC1CC2CC1C(C(=O)OC(C)(C)C)C2C(=O)OC(C)(C)C.CCC(C)(C)C(=O)OCC(=O)OC12CC3CC(C1)CC(C(=O)OC(C)(C)C(C)C)(C3)C2. The molecule has 0 N–H and O–H groups in total. The molecule has 108 heavy (non-hydrogen) atoms. The molecule has 12 bridgehead atoms. The van der Waals surface area contributed by atoms with Gasteiger partial charge in [-0.3, -0.25) is 43.2 Å². The third-order valence-electron chi connectivity index (χ3n) is 25.9. The number of carbonyl (C=O) groups excluding carboxylic acids is 10. The number of fused-ring (bicyclic) bond motifs is 4. The van der Waals surface area contributed by atoms with Crippen molar-refractivity contribution in [1.82, 2.24) is 0 Å². The number of esters is 10. The Kier molecular flexibility index (Phi) is 27.5. The molecule has 0 aromatic heterocycles. The van der Waals surface area contributed by atoms with Crippen LogP contribution in [0.2, 0.25) is 0 Å². The van der Waals surface area contributed by atoms with E-state index in [1.54, 1.807) is 13.8 Å². The van der Waals surface area contributed by atoms with Crippen molar-refractivity contribution in [2.45, 2.75) is 386 Å². The number of carbonyl (C=O) groups is 10. The molecule has 2 aliphatic heterocycles. The number of hydrogen-bond acceptors (Lipinski definition) is 21. The topological polar surface area (TPSA) is 272 Å². The first-order valence-corrected chi connectivity index (χ1v) is 41.1. The zero-order valence-electron chi connectivity index (χ0n) is 71.7. The summed E-state index contributed by atoms with van der Waals surface area (Å²) in [5, 5.41) is 0. The summed E-state index contributed by atoms with van der Waals surface area (Å²) in [6.07, 6.45) is 15.0. The van der Waals surface area contributed by atoms with E-state index in [-0.39, 0.29) is 103 Å². The second-order valence-electron chi connectivity index (χ2n) is 41.7. The van der Waals surface area contributed by atoms with Gasteiger partial charge in [-0.2, -0.15) is 0 Å². The summed E-state index contributed by atoms with van der Waals surface area (Å²) in [6.45, 7) is 52.5. The fourth-order valence-corrected chi connectivity index (χ4v) is 18.4. The van der Waals surface area contributed by atoms with Crippen molar-refractivity contribution < 1.29 is 100 Å². The van der Waals surface area contributed by atoms with Crippen LogP contribution in [0.3, 0.4) is 0 Å². The molecular formula is C87H142O21. The number of rotatable bonds is 22. The maximum atomic E-state index is 13.4. The van der Waals surface area contributed by atoms with E-state index in [2.05, 4.69) is 13.8 Å². The van der Waals surface area contributed by atoms with Gasteiger partial charge in [0, 0.05) is 30.6 Å². The lowest BCUT2D eigenvalue weighted by Gasteiger charge is -2.60. The molecule has 11 atom stereocenters. The Bertz CT molecular complexity index is 3200. The quantitative estimate of drug-likeness (QED) is 0.0719. The molecule has 12 rings (SSSR count). The Morgan fingerprint density at radius 2 is 0.861 bits per heavy atom. The maximum absolute atomic E-state index is 13.4. The highest BCUT2D eigenvalue weighted by Gasteiger charge is 2.66. The highest BCUT2D eigenvalue weighted by Crippen LogP contribution is 2.65. The summed E-state index contributed by atoms with van der Waals surface area (Å²) >= 11 is 0. The van der Waals surface area contributed by atoms with Gasteiger partial charge in [0.05, 0.1) is 57.4 Å². The zero-order valence-corrected chi connectivity index (χ0v) is 71.7. The molecule has 0 spiro atoms. The van der Waals surface area contributed by atoms with E-state index in [0.717, 1.165) is 76.0 Å². The molecule has 10 saturated carbocycles. The van der Waals surface area contributed by atoms with Crippen molar-refractivity contribution in [3.63, 3.8) is 0 Å². The molecular weight excluding hydrogens is 1380 g/mol. The molecule has 0 amide bonds. The highest BCUT2D eigenvalue weighted by molar-refractivity contribution is 5.85. The van der Waals surface area contributed by atoms with Crippen LogP contribution in [0.15, 0.2) is 0 Å². The average molecular weight is 1520 g/mol. The molecule has 12 fully saturated rings. The Hall–Kier alpha value is -5.34. The Labute approximate surface area is 647 Å². The molecule has 0 aromatic carbocycles. The van der Waals surface area contributed by atoms with Crippen molar-refractivity contribution in [3.8, 4) is 0 Å². The van der Waals surface area contributed by atoms with Gasteiger partial charge in [-0.05, 0) is 297 Å². The first-order chi connectivity index (χ1) is 49.3. The standard InChI is InChI=1S/C25H40O6.C23H38O6.C22H36O4.C17H28O5/c1-8-22(4,5)20(27)29-14-19(26)30-25-12-17-9-18(13-25)11-24(10-17,15-25)21(28)31-23(6,7)16(2)3;1-10-23(8,9)20(26)27-15-12-13-11-14(15)17(19(25)29-22(5,6)7)16(13)18(24)28-21(2,3)4;1-7-21(5,6)19(24)26-22(13-18(23)25-20(2,3)4)16-9-14-8-15(11-16)12-17(22)10-14;1-7-17(5,6)15(19)21-12-9-10-8-11(13(12)20-10)14(18)22-16(2,3)4/h16-18H,8-15H2,1-7H3;13-17H,10-12H2,1-9H3;14-17H,7-13H2,1-6H3;10-13H,7-9H2,1-6H3. The van der Waals surface area contributed by atoms with E-state index >= 15 is 0 Å². The third kappa shape index (κ3) is 21.9. The largest absolute Gasteiger partial charge is 0.462 e. The van der Waals surface area contributed by atoms with Crippen LogP contribution in [0.25, 0.3) is 0 Å². The Balaban J connectivity index is 0.000000202. The summed E-state index contributed by atoms with van der Waals surface area (Å²) < 4.78 is 63.2. The first-order valence-electron chi connectivity index (χ1n) is 41.1. The number of hydrogen-bond donors (Lipinski definition) is 0. The molecule has 0 radical (unpaired) electrons. The lowest BCUT2D eigenvalue weighted by atomic mass is 9.48. The minimum Gasteiger partial charge on any atom is -0.462 e. The summed E-state index contributed by atoms with van der Waals surface area (Å²) in [7, 11) is 0. The fourth-order valence-electron chi connectivity index (χ4n) is 18.4. The van der Waals surface area contributed by atoms with Gasteiger partial charge >= 0.3 is 59.7 Å². The van der Waals surface area contributed by atoms with Crippen LogP contribution in [0, 0.1) is 98.1 Å². The Morgan fingerprint density at radius 3 is 1.31 bits per heavy atom. The molecule has 0 aromatic rings. The van der Waals surface area contributed by atoms with Crippen LogP contribution in [0.5, 0.6) is 0 Å². The van der Waals surface area contributed by atoms with E-state index < -0.39 is 96.0 Å². The molecule has 11 unspecified atom stereocenters. The predicted molar refractivity (Wildman–Crippen MR) is 406 cm³/mol. The summed E-state index contributed by atoms with van der Waals surface area (Å²) in [4.78, 5) is 127.